The predicted molar refractivity (Wildman–Crippen MR) is 57.3 cm³/mol. The number of nitrogens with one attached hydrogen (secondary N) is 1. The van der Waals surface area contributed by atoms with E-state index in [1.807, 2.05) is 32.9 Å². The largest absolute Gasteiger partial charge is 0.305 e. The summed E-state index contributed by atoms with van der Waals surface area (Å²) in [6.45, 7) is 5.93. The van der Waals surface area contributed by atoms with E-state index in [1.165, 1.54) is 0 Å². The summed E-state index contributed by atoms with van der Waals surface area (Å²) in [5.41, 5.74) is 0.646. The highest BCUT2D eigenvalue weighted by atomic mass is 16.1. The number of rotatable bonds is 4. The van der Waals surface area contributed by atoms with Gasteiger partial charge >= 0.3 is 0 Å². The highest BCUT2D eigenvalue weighted by Gasteiger charge is 2.14. The summed E-state index contributed by atoms with van der Waals surface area (Å²) in [5, 5.41) is 3.17. The predicted octanol–water partition coefficient (Wildman–Crippen LogP) is 2.06. The van der Waals surface area contributed by atoms with E-state index in [1.54, 1.807) is 12.1 Å². The van der Waals surface area contributed by atoms with Crippen molar-refractivity contribution in [3.05, 3.63) is 35.9 Å². The Kier molecular flexibility index (Phi) is 3.84. The highest BCUT2D eigenvalue weighted by molar-refractivity contribution is 5.99. The Hall–Kier alpha value is -1.15. The van der Waals surface area contributed by atoms with Crippen LogP contribution in [-0.2, 0) is 0 Å². The highest BCUT2D eigenvalue weighted by Crippen LogP contribution is 2.02. The van der Waals surface area contributed by atoms with Crippen LogP contribution in [0.5, 0.6) is 0 Å². The SMILES string of the molecule is CC(C)N[C@@H](C)C(=O)c1[c]cccc1. The van der Waals surface area contributed by atoms with Gasteiger partial charge in [0.1, 0.15) is 0 Å². The fourth-order valence-corrected chi connectivity index (χ4v) is 1.36. The number of carbonyl (C=O) groups excluding carboxylic acids is 1. The summed E-state index contributed by atoms with van der Waals surface area (Å²) in [5.74, 6) is 0.0966. The van der Waals surface area contributed by atoms with Gasteiger partial charge in [0.05, 0.1) is 6.04 Å². The van der Waals surface area contributed by atoms with Gasteiger partial charge in [0.15, 0.2) is 5.78 Å². The molecule has 0 unspecified atom stereocenters. The van der Waals surface area contributed by atoms with Crippen LogP contribution in [0.3, 0.4) is 0 Å². The molecule has 0 fully saturated rings. The van der Waals surface area contributed by atoms with E-state index in [0.29, 0.717) is 11.6 Å². The van der Waals surface area contributed by atoms with Crippen LogP contribution in [-0.4, -0.2) is 17.9 Å². The van der Waals surface area contributed by atoms with E-state index < -0.39 is 0 Å². The Bertz CT molecular complexity index is 292. The molecule has 2 heteroatoms. The fraction of sp³-hybridized carbons (Fsp3) is 0.417. The average molecular weight is 190 g/mol. The van der Waals surface area contributed by atoms with Crippen LogP contribution >= 0.6 is 0 Å². The molecule has 1 aromatic rings. The van der Waals surface area contributed by atoms with Gasteiger partial charge < -0.3 is 5.32 Å². The summed E-state index contributed by atoms with van der Waals surface area (Å²) < 4.78 is 0. The summed E-state index contributed by atoms with van der Waals surface area (Å²) in [7, 11) is 0. The summed E-state index contributed by atoms with van der Waals surface area (Å²) >= 11 is 0. The third kappa shape index (κ3) is 2.96. The second-order valence-corrected chi connectivity index (χ2v) is 3.68. The average Bonchev–Trinajstić information content (AvgIpc) is 2.17. The molecule has 2 nitrogen and oxygen atoms in total. The van der Waals surface area contributed by atoms with Crippen molar-refractivity contribution in [3.8, 4) is 0 Å². The molecule has 1 N–H and O–H groups in total. The molecular formula is C12H16NO. The Morgan fingerprint density at radius 1 is 1.36 bits per heavy atom. The minimum absolute atomic E-state index is 0.0966. The number of Topliss-reactive ketones (excluding diaryl/α,β-unsaturated/α-hetero) is 1. The zero-order valence-electron chi connectivity index (χ0n) is 8.87. The van der Waals surface area contributed by atoms with E-state index in [2.05, 4.69) is 11.4 Å². The van der Waals surface area contributed by atoms with Crippen LogP contribution in [0.1, 0.15) is 31.1 Å². The maximum atomic E-state index is 11.8. The van der Waals surface area contributed by atoms with Gasteiger partial charge in [0, 0.05) is 11.6 Å². The van der Waals surface area contributed by atoms with Gasteiger partial charge in [0.25, 0.3) is 0 Å². The van der Waals surface area contributed by atoms with Gasteiger partial charge in [0.2, 0.25) is 0 Å². The molecule has 0 aliphatic rings. The molecule has 75 valence electrons. The Morgan fingerprint density at radius 2 is 2.07 bits per heavy atom. The van der Waals surface area contributed by atoms with E-state index in [-0.39, 0.29) is 11.8 Å². The first kappa shape index (κ1) is 10.9. The van der Waals surface area contributed by atoms with Gasteiger partial charge in [-0.25, -0.2) is 0 Å². The Morgan fingerprint density at radius 3 is 2.57 bits per heavy atom. The first-order valence-corrected chi connectivity index (χ1v) is 4.88. The standard InChI is InChI=1S/C12H16NO/c1-9(2)13-10(3)12(14)11-7-5-4-6-8-11/h4-7,9-10,13H,1-3H3/t10-/m0/s1. The zero-order valence-corrected chi connectivity index (χ0v) is 8.87. The molecule has 1 rings (SSSR count). The maximum absolute atomic E-state index is 11.8. The van der Waals surface area contributed by atoms with Crippen LogP contribution in [0.2, 0.25) is 0 Å². The smallest absolute Gasteiger partial charge is 0.180 e. The van der Waals surface area contributed by atoms with Crippen LogP contribution in [0, 0.1) is 6.07 Å². The van der Waals surface area contributed by atoms with Crippen LogP contribution in [0.15, 0.2) is 24.3 Å². The Labute approximate surface area is 85.3 Å². The van der Waals surface area contributed by atoms with Gasteiger partial charge in [-0.2, -0.15) is 0 Å². The molecule has 1 aromatic carbocycles. The molecule has 0 aliphatic carbocycles. The van der Waals surface area contributed by atoms with Crippen molar-refractivity contribution in [3.63, 3.8) is 0 Å². The monoisotopic (exact) mass is 190 g/mol. The third-order valence-electron chi connectivity index (χ3n) is 1.95. The van der Waals surface area contributed by atoms with E-state index in [4.69, 9.17) is 0 Å². The molecular weight excluding hydrogens is 174 g/mol. The lowest BCUT2D eigenvalue weighted by Crippen LogP contribution is -2.38. The fourth-order valence-electron chi connectivity index (χ4n) is 1.36. The molecule has 0 amide bonds. The molecule has 0 heterocycles. The third-order valence-corrected chi connectivity index (χ3v) is 1.95. The van der Waals surface area contributed by atoms with Crippen molar-refractivity contribution < 1.29 is 4.79 Å². The lowest BCUT2D eigenvalue weighted by molar-refractivity contribution is 0.0946. The van der Waals surface area contributed by atoms with Gasteiger partial charge in [-0.3, -0.25) is 4.79 Å². The molecule has 14 heavy (non-hydrogen) atoms. The summed E-state index contributed by atoms with van der Waals surface area (Å²) in [4.78, 5) is 11.8. The quantitative estimate of drug-likeness (QED) is 0.736. The van der Waals surface area contributed by atoms with Crippen LogP contribution in [0.25, 0.3) is 0 Å². The number of ketones is 1. The minimum atomic E-state index is -0.145. The minimum Gasteiger partial charge on any atom is -0.305 e. The topological polar surface area (TPSA) is 29.1 Å². The van der Waals surface area contributed by atoms with Crippen LogP contribution < -0.4 is 5.32 Å². The molecule has 0 saturated heterocycles. The van der Waals surface area contributed by atoms with E-state index >= 15 is 0 Å². The number of carbonyl (C=O) groups is 1. The van der Waals surface area contributed by atoms with Crippen molar-refractivity contribution in [2.24, 2.45) is 0 Å². The molecule has 0 aromatic heterocycles. The lowest BCUT2D eigenvalue weighted by Gasteiger charge is -2.15. The molecule has 0 saturated carbocycles. The normalized spacial score (nSPS) is 12.9. The van der Waals surface area contributed by atoms with Crippen molar-refractivity contribution in [1.29, 1.82) is 0 Å². The van der Waals surface area contributed by atoms with Gasteiger partial charge in [-0.05, 0) is 13.0 Å². The zero-order chi connectivity index (χ0) is 10.6. The summed E-state index contributed by atoms with van der Waals surface area (Å²) in [6.07, 6.45) is 0. The van der Waals surface area contributed by atoms with Crippen molar-refractivity contribution in [2.45, 2.75) is 32.9 Å². The number of hydrogen-bond donors (Lipinski definition) is 1. The van der Waals surface area contributed by atoms with Crippen LogP contribution in [0.4, 0.5) is 0 Å². The molecule has 0 spiro atoms. The van der Waals surface area contributed by atoms with E-state index in [0.717, 1.165) is 0 Å². The lowest BCUT2D eigenvalue weighted by atomic mass is 10.1. The second kappa shape index (κ2) is 4.91. The first-order valence-electron chi connectivity index (χ1n) is 4.88. The first-order chi connectivity index (χ1) is 6.61. The molecule has 1 radical (unpaired) electrons. The Balaban J connectivity index is 2.66. The van der Waals surface area contributed by atoms with Gasteiger partial charge in [-0.15, -0.1) is 0 Å². The second-order valence-electron chi connectivity index (χ2n) is 3.68. The molecule has 0 aliphatic heterocycles. The van der Waals surface area contributed by atoms with Gasteiger partial charge in [-0.1, -0.05) is 38.1 Å². The number of hydrogen-bond acceptors (Lipinski definition) is 2. The van der Waals surface area contributed by atoms with Crippen molar-refractivity contribution in [2.75, 3.05) is 0 Å². The maximum Gasteiger partial charge on any atom is 0.180 e. The molecule has 0 bridgehead atoms. The van der Waals surface area contributed by atoms with E-state index in [9.17, 15) is 4.79 Å². The van der Waals surface area contributed by atoms with Crippen molar-refractivity contribution in [1.82, 2.24) is 5.32 Å². The summed E-state index contributed by atoms with van der Waals surface area (Å²) in [6, 6.07) is 10.4. The van der Waals surface area contributed by atoms with Crippen molar-refractivity contribution >= 4 is 5.78 Å². The number of benzene rings is 1. The molecule has 1 atom stereocenters.